The Morgan fingerprint density at radius 2 is 1.94 bits per heavy atom. The van der Waals surface area contributed by atoms with Crippen molar-refractivity contribution in [2.24, 2.45) is 0 Å². The molecule has 0 aliphatic rings. The van der Waals surface area contributed by atoms with Gasteiger partial charge < -0.3 is 20.2 Å². The van der Waals surface area contributed by atoms with Crippen LogP contribution in [0.5, 0.6) is 0 Å². The molecule has 2 amide bonds. The fourth-order valence-electron chi connectivity index (χ4n) is 0.904. The summed E-state index contributed by atoms with van der Waals surface area (Å²) in [5, 5.41) is 11.0. The molecule has 3 N–H and O–H groups in total. The van der Waals surface area contributed by atoms with Crippen LogP contribution in [0.4, 0.5) is 4.79 Å². The zero-order chi connectivity index (χ0) is 12.9. The molecular formula is C8H17N2O5P. The first-order valence-electron chi connectivity index (χ1n) is 4.63. The summed E-state index contributed by atoms with van der Waals surface area (Å²) in [6, 6.07) is -1.69. The van der Waals surface area contributed by atoms with Gasteiger partial charge in [0, 0.05) is 26.9 Å². The molecule has 0 rings (SSSR count). The summed E-state index contributed by atoms with van der Waals surface area (Å²) in [6.45, 7) is 1.15. The number of carbonyl (C=O) groups is 2. The Kier molecular flexibility index (Phi) is 5.47. The van der Waals surface area contributed by atoms with Crippen LogP contribution in [0.3, 0.4) is 0 Å². The fourth-order valence-corrected chi connectivity index (χ4v) is 1.64. The number of urea groups is 1. The number of hydrogen-bond acceptors (Lipinski definition) is 3. The molecule has 0 aromatic rings. The van der Waals surface area contributed by atoms with Crippen LogP contribution in [0.25, 0.3) is 0 Å². The SMILES string of the molecule is CN(C)C(=O)NC(CCP(C)(=O)O)C(=O)O. The summed E-state index contributed by atoms with van der Waals surface area (Å²) < 4.78 is 11.0. The largest absolute Gasteiger partial charge is 0.480 e. The van der Waals surface area contributed by atoms with Crippen LogP contribution >= 0.6 is 7.37 Å². The van der Waals surface area contributed by atoms with Crippen LogP contribution in [0.1, 0.15) is 6.42 Å². The summed E-state index contributed by atoms with van der Waals surface area (Å²) in [6.07, 6.45) is -0.211. The highest BCUT2D eigenvalue weighted by atomic mass is 31.2. The maximum Gasteiger partial charge on any atom is 0.326 e. The van der Waals surface area contributed by atoms with Gasteiger partial charge in [-0.1, -0.05) is 0 Å². The van der Waals surface area contributed by atoms with Gasteiger partial charge in [-0.2, -0.15) is 0 Å². The van der Waals surface area contributed by atoms with Crippen molar-refractivity contribution in [2.75, 3.05) is 26.9 Å². The van der Waals surface area contributed by atoms with E-state index in [1.54, 1.807) is 0 Å². The highest BCUT2D eigenvalue weighted by Gasteiger charge is 2.23. The fraction of sp³-hybridized carbons (Fsp3) is 0.750. The Bertz CT molecular complexity index is 312. The van der Waals surface area contributed by atoms with E-state index in [4.69, 9.17) is 10.00 Å². The van der Waals surface area contributed by atoms with E-state index in [1.165, 1.54) is 19.0 Å². The lowest BCUT2D eigenvalue weighted by molar-refractivity contribution is -0.139. The molecule has 7 nitrogen and oxygen atoms in total. The molecule has 2 unspecified atom stereocenters. The van der Waals surface area contributed by atoms with Crippen molar-refractivity contribution in [3.63, 3.8) is 0 Å². The standard InChI is InChI=1S/C8H17N2O5P/c1-10(2)8(13)9-6(7(11)12)4-5-16(3,14)15/h6H,4-5H2,1-3H3,(H,9,13)(H,11,12)(H,14,15). The summed E-state index contributed by atoms with van der Waals surface area (Å²) in [5.41, 5.74) is 0. The molecule has 0 saturated heterocycles. The maximum atomic E-state index is 11.2. The molecule has 0 spiro atoms. The van der Waals surface area contributed by atoms with Gasteiger partial charge in [-0.05, 0) is 6.42 Å². The van der Waals surface area contributed by atoms with Crippen molar-refractivity contribution in [3.8, 4) is 0 Å². The van der Waals surface area contributed by atoms with Gasteiger partial charge in [0.2, 0.25) is 0 Å². The molecule has 0 heterocycles. The maximum absolute atomic E-state index is 11.2. The first-order valence-corrected chi connectivity index (χ1v) is 6.92. The van der Waals surface area contributed by atoms with E-state index in [2.05, 4.69) is 5.32 Å². The lowest BCUT2D eigenvalue weighted by Crippen LogP contribution is -2.45. The van der Waals surface area contributed by atoms with E-state index in [-0.39, 0.29) is 12.6 Å². The summed E-state index contributed by atoms with van der Waals surface area (Å²) >= 11 is 0. The van der Waals surface area contributed by atoms with Gasteiger partial charge in [-0.3, -0.25) is 4.57 Å². The van der Waals surface area contributed by atoms with Crippen molar-refractivity contribution in [3.05, 3.63) is 0 Å². The Morgan fingerprint density at radius 1 is 1.44 bits per heavy atom. The first-order chi connectivity index (χ1) is 7.13. The van der Waals surface area contributed by atoms with Gasteiger partial charge in [0.1, 0.15) is 6.04 Å². The zero-order valence-electron chi connectivity index (χ0n) is 9.51. The molecule has 2 atom stereocenters. The highest BCUT2D eigenvalue weighted by Crippen LogP contribution is 2.35. The molecule has 0 fully saturated rings. The molecular weight excluding hydrogens is 235 g/mol. The Balaban J connectivity index is 4.35. The minimum absolute atomic E-state index is 0.0702. The minimum atomic E-state index is -3.25. The van der Waals surface area contributed by atoms with Crippen LogP contribution in [-0.4, -0.2) is 59.9 Å². The third-order valence-corrected chi connectivity index (χ3v) is 2.92. The second kappa shape index (κ2) is 5.86. The first kappa shape index (κ1) is 14.9. The predicted molar refractivity (Wildman–Crippen MR) is 58.9 cm³/mol. The van der Waals surface area contributed by atoms with Gasteiger partial charge in [-0.15, -0.1) is 0 Å². The Hall–Kier alpha value is -1.07. The third-order valence-electron chi connectivity index (χ3n) is 1.83. The van der Waals surface area contributed by atoms with Crippen LogP contribution < -0.4 is 5.32 Å². The topological polar surface area (TPSA) is 107 Å². The van der Waals surface area contributed by atoms with Crippen molar-refractivity contribution in [1.82, 2.24) is 10.2 Å². The van der Waals surface area contributed by atoms with E-state index in [1.807, 2.05) is 0 Å². The number of carboxylic acids is 1. The number of carboxylic acid groups (broad SMARTS) is 1. The summed E-state index contributed by atoms with van der Waals surface area (Å²) in [4.78, 5) is 32.2. The number of nitrogens with zero attached hydrogens (tertiary/aromatic N) is 1. The van der Waals surface area contributed by atoms with E-state index in [0.717, 1.165) is 6.66 Å². The van der Waals surface area contributed by atoms with E-state index < -0.39 is 25.4 Å². The van der Waals surface area contributed by atoms with E-state index in [9.17, 15) is 14.2 Å². The van der Waals surface area contributed by atoms with Gasteiger partial charge in [0.15, 0.2) is 7.37 Å². The second-order valence-corrected chi connectivity index (χ2v) is 6.35. The molecule has 0 saturated carbocycles. The van der Waals surface area contributed by atoms with Crippen molar-refractivity contribution in [1.29, 1.82) is 0 Å². The molecule has 0 aliphatic heterocycles. The lowest BCUT2D eigenvalue weighted by Gasteiger charge is -2.18. The smallest absolute Gasteiger partial charge is 0.326 e. The van der Waals surface area contributed by atoms with Crippen LogP contribution in [-0.2, 0) is 9.36 Å². The molecule has 94 valence electrons. The number of rotatable bonds is 5. The molecule has 8 heteroatoms. The normalized spacial score (nSPS) is 16.0. The van der Waals surface area contributed by atoms with Crippen LogP contribution in [0.2, 0.25) is 0 Å². The molecule has 0 aliphatic carbocycles. The van der Waals surface area contributed by atoms with Crippen molar-refractivity contribution >= 4 is 19.4 Å². The second-order valence-electron chi connectivity index (χ2n) is 3.80. The number of aliphatic carboxylic acids is 1. The quantitative estimate of drug-likeness (QED) is 0.597. The molecule has 0 bridgehead atoms. The molecule has 0 aromatic carbocycles. The Labute approximate surface area is 93.9 Å². The van der Waals surface area contributed by atoms with Gasteiger partial charge in [0.05, 0.1) is 0 Å². The average Bonchev–Trinajstić information content (AvgIpc) is 2.09. The van der Waals surface area contributed by atoms with Crippen LogP contribution in [0.15, 0.2) is 0 Å². The monoisotopic (exact) mass is 252 g/mol. The van der Waals surface area contributed by atoms with Gasteiger partial charge >= 0.3 is 12.0 Å². The number of nitrogens with one attached hydrogen (secondary N) is 1. The summed E-state index contributed by atoms with van der Waals surface area (Å²) in [5.74, 6) is -1.22. The molecule has 0 aromatic heterocycles. The summed E-state index contributed by atoms with van der Waals surface area (Å²) in [7, 11) is -0.300. The van der Waals surface area contributed by atoms with Gasteiger partial charge in [-0.25, -0.2) is 9.59 Å². The van der Waals surface area contributed by atoms with Crippen molar-refractivity contribution < 1.29 is 24.2 Å². The van der Waals surface area contributed by atoms with Gasteiger partial charge in [0.25, 0.3) is 0 Å². The van der Waals surface area contributed by atoms with E-state index in [0.29, 0.717) is 0 Å². The third kappa shape index (κ3) is 6.42. The molecule has 0 radical (unpaired) electrons. The molecule has 16 heavy (non-hydrogen) atoms. The average molecular weight is 252 g/mol. The lowest BCUT2D eigenvalue weighted by atomic mass is 10.2. The highest BCUT2D eigenvalue weighted by molar-refractivity contribution is 7.57. The zero-order valence-corrected chi connectivity index (χ0v) is 10.4. The predicted octanol–water partition coefficient (Wildman–Crippen LogP) is 0.00110. The number of amides is 2. The minimum Gasteiger partial charge on any atom is -0.480 e. The number of carbonyl (C=O) groups excluding carboxylic acids is 1. The van der Waals surface area contributed by atoms with E-state index >= 15 is 0 Å². The van der Waals surface area contributed by atoms with Crippen LogP contribution in [0, 0.1) is 0 Å². The Morgan fingerprint density at radius 3 is 2.25 bits per heavy atom. The van der Waals surface area contributed by atoms with Crippen molar-refractivity contribution in [2.45, 2.75) is 12.5 Å². The number of hydrogen-bond donors (Lipinski definition) is 3.